The number of hydrogen-bond acceptors (Lipinski definition) is 3. The van der Waals surface area contributed by atoms with Crippen molar-refractivity contribution in [2.75, 3.05) is 37.6 Å². The first kappa shape index (κ1) is 23.5. The lowest BCUT2D eigenvalue weighted by molar-refractivity contribution is 0.102. The van der Waals surface area contributed by atoms with E-state index in [0.717, 1.165) is 57.5 Å². The molecular weight excluding hydrogens is 411 g/mol. The lowest BCUT2D eigenvalue weighted by Crippen LogP contribution is -2.48. The van der Waals surface area contributed by atoms with Crippen LogP contribution >= 0.6 is 0 Å². The fraction of sp³-hybridized carbons (Fsp3) is 0.379. The summed E-state index contributed by atoms with van der Waals surface area (Å²) in [6.07, 6.45) is 2.26. The van der Waals surface area contributed by atoms with Crippen LogP contribution in [0.2, 0.25) is 0 Å². The molecular formula is C29H35FN2O. The Hall–Kier alpha value is -2.69. The number of nitrogens with zero attached hydrogens (tertiary/aromatic N) is 2. The number of halogens is 1. The number of benzene rings is 3. The molecule has 0 bridgehead atoms. The quantitative estimate of drug-likeness (QED) is 0.518. The van der Waals surface area contributed by atoms with Gasteiger partial charge in [0.25, 0.3) is 0 Å². The Morgan fingerprint density at radius 1 is 0.848 bits per heavy atom. The van der Waals surface area contributed by atoms with Gasteiger partial charge in [0, 0.05) is 38.4 Å². The number of hydrogen-bond donors (Lipinski definition) is 1. The molecule has 0 aromatic heterocycles. The molecule has 174 valence electrons. The summed E-state index contributed by atoms with van der Waals surface area (Å²) in [5.74, 6) is -0.192. The highest BCUT2D eigenvalue weighted by Crippen LogP contribution is 2.20. The minimum Gasteiger partial charge on any atom is -0.392 e. The third-order valence-corrected chi connectivity index (χ3v) is 6.71. The van der Waals surface area contributed by atoms with Crippen LogP contribution in [0.4, 0.5) is 10.1 Å². The molecule has 0 spiro atoms. The van der Waals surface area contributed by atoms with Crippen molar-refractivity contribution in [1.82, 2.24) is 4.90 Å². The fourth-order valence-corrected chi connectivity index (χ4v) is 4.69. The van der Waals surface area contributed by atoms with Gasteiger partial charge in [-0.05, 0) is 79.6 Å². The third-order valence-electron chi connectivity index (χ3n) is 6.71. The van der Waals surface area contributed by atoms with Gasteiger partial charge in [-0.1, -0.05) is 48.0 Å². The number of rotatable bonds is 8. The van der Waals surface area contributed by atoms with Gasteiger partial charge in [-0.15, -0.1) is 0 Å². The van der Waals surface area contributed by atoms with Gasteiger partial charge in [0.1, 0.15) is 5.82 Å². The van der Waals surface area contributed by atoms with E-state index in [4.69, 9.17) is 0 Å². The minimum absolute atomic E-state index is 0.192. The van der Waals surface area contributed by atoms with Crippen molar-refractivity contribution in [3.63, 3.8) is 0 Å². The molecule has 0 saturated carbocycles. The van der Waals surface area contributed by atoms with E-state index < -0.39 is 0 Å². The zero-order chi connectivity index (χ0) is 23.2. The molecule has 1 fully saturated rings. The van der Waals surface area contributed by atoms with E-state index in [1.807, 2.05) is 12.1 Å². The van der Waals surface area contributed by atoms with Crippen molar-refractivity contribution in [1.29, 1.82) is 0 Å². The van der Waals surface area contributed by atoms with E-state index in [9.17, 15) is 9.50 Å². The summed E-state index contributed by atoms with van der Waals surface area (Å²) in [5, 5.41) is 10.6. The van der Waals surface area contributed by atoms with Crippen molar-refractivity contribution in [2.24, 2.45) is 0 Å². The van der Waals surface area contributed by atoms with Crippen LogP contribution in [-0.4, -0.2) is 48.8 Å². The van der Waals surface area contributed by atoms with E-state index >= 15 is 0 Å². The van der Waals surface area contributed by atoms with Gasteiger partial charge in [0.2, 0.25) is 0 Å². The molecule has 0 amide bonds. The van der Waals surface area contributed by atoms with Crippen LogP contribution in [0.5, 0.6) is 0 Å². The number of anilines is 1. The summed E-state index contributed by atoms with van der Waals surface area (Å²) < 4.78 is 13.1. The van der Waals surface area contributed by atoms with E-state index in [2.05, 4.69) is 66.1 Å². The fourth-order valence-electron chi connectivity index (χ4n) is 4.69. The first-order valence-corrected chi connectivity index (χ1v) is 12.0. The summed E-state index contributed by atoms with van der Waals surface area (Å²) >= 11 is 0. The molecule has 1 heterocycles. The summed E-state index contributed by atoms with van der Waals surface area (Å²) in [5.41, 5.74) is 7.54. The van der Waals surface area contributed by atoms with Crippen molar-refractivity contribution in [2.45, 2.75) is 39.2 Å². The second kappa shape index (κ2) is 11.0. The molecule has 1 N–H and O–H groups in total. The van der Waals surface area contributed by atoms with E-state index in [1.54, 1.807) is 0 Å². The number of aliphatic hydroxyl groups excluding tert-OH is 1. The molecule has 1 aliphatic rings. The zero-order valence-electron chi connectivity index (χ0n) is 19.8. The normalized spacial score (nSPS) is 15.6. The molecule has 4 rings (SSSR count). The summed E-state index contributed by atoms with van der Waals surface area (Å²) in [6, 6.07) is 22.0. The van der Waals surface area contributed by atoms with Crippen LogP contribution < -0.4 is 4.90 Å². The number of aryl methyl sites for hydroxylation is 3. The highest BCUT2D eigenvalue weighted by atomic mass is 19.1. The Balaban J connectivity index is 1.21. The first-order chi connectivity index (χ1) is 16.0. The maximum Gasteiger partial charge on any atom is 0.123 e. The average Bonchev–Trinajstić information content (AvgIpc) is 2.81. The molecule has 3 nitrogen and oxygen atoms in total. The summed E-state index contributed by atoms with van der Waals surface area (Å²) in [7, 11) is 0. The molecule has 1 aliphatic heterocycles. The van der Waals surface area contributed by atoms with Gasteiger partial charge < -0.3 is 10.0 Å². The predicted molar refractivity (Wildman–Crippen MR) is 135 cm³/mol. The van der Waals surface area contributed by atoms with Crippen LogP contribution in [0.15, 0.2) is 66.7 Å². The topological polar surface area (TPSA) is 26.7 Å². The van der Waals surface area contributed by atoms with Crippen molar-refractivity contribution in [3.05, 3.63) is 100 Å². The van der Waals surface area contributed by atoms with Crippen molar-refractivity contribution < 1.29 is 9.50 Å². The molecule has 3 aromatic rings. The SMILES string of the molecule is Cc1ccc(CCC(O)CN2CCN(c3ccc(Cc4ccc(F)cc4)cc3)CC2)c(C)c1. The largest absolute Gasteiger partial charge is 0.392 e. The molecule has 3 aromatic carbocycles. The monoisotopic (exact) mass is 446 g/mol. The molecule has 1 atom stereocenters. The number of piperazine rings is 1. The van der Waals surface area contributed by atoms with E-state index in [0.29, 0.717) is 0 Å². The van der Waals surface area contributed by atoms with Crippen molar-refractivity contribution >= 4 is 5.69 Å². The highest BCUT2D eigenvalue weighted by molar-refractivity contribution is 5.48. The second-order valence-corrected chi connectivity index (χ2v) is 9.38. The van der Waals surface area contributed by atoms with Gasteiger partial charge in [-0.25, -0.2) is 4.39 Å². The Morgan fingerprint density at radius 3 is 2.12 bits per heavy atom. The zero-order valence-corrected chi connectivity index (χ0v) is 19.8. The third kappa shape index (κ3) is 6.66. The van der Waals surface area contributed by atoms with Gasteiger partial charge in [-0.2, -0.15) is 0 Å². The summed E-state index contributed by atoms with van der Waals surface area (Å²) in [4.78, 5) is 4.80. The van der Waals surface area contributed by atoms with Gasteiger partial charge >= 0.3 is 0 Å². The second-order valence-electron chi connectivity index (χ2n) is 9.38. The maximum absolute atomic E-state index is 13.1. The lowest BCUT2D eigenvalue weighted by atomic mass is 10.00. The number of β-amino-alcohol motifs (C(OH)–C–C–N with tert-alkyl or cyclic N) is 1. The Morgan fingerprint density at radius 2 is 1.48 bits per heavy atom. The smallest absolute Gasteiger partial charge is 0.123 e. The number of aliphatic hydroxyl groups is 1. The van der Waals surface area contributed by atoms with Crippen LogP contribution in [0.1, 0.15) is 34.2 Å². The Bertz CT molecular complexity index is 1020. The lowest BCUT2D eigenvalue weighted by Gasteiger charge is -2.37. The molecule has 0 radical (unpaired) electrons. The molecule has 1 saturated heterocycles. The molecule has 33 heavy (non-hydrogen) atoms. The summed E-state index contributed by atoms with van der Waals surface area (Å²) in [6.45, 7) is 8.91. The standard InChI is InChI=1S/C29H35FN2O/c1-22-3-8-26(23(2)19-22)9-14-29(33)21-31-15-17-32(18-16-31)28-12-6-25(7-13-28)20-24-4-10-27(30)11-5-24/h3-8,10-13,19,29,33H,9,14-18,20-21H2,1-2H3. The van der Waals surface area contributed by atoms with Gasteiger partial charge in [-0.3, -0.25) is 4.90 Å². The minimum atomic E-state index is -0.289. The molecule has 4 heteroatoms. The first-order valence-electron chi connectivity index (χ1n) is 12.0. The Kier molecular flexibility index (Phi) is 7.79. The molecule has 0 aliphatic carbocycles. The van der Waals surface area contributed by atoms with Gasteiger partial charge in [0.05, 0.1) is 6.10 Å². The highest BCUT2D eigenvalue weighted by Gasteiger charge is 2.19. The maximum atomic E-state index is 13.1. The van der Waals surface area contributed by atoms with E-state index in [1.165, 1.54) is 40.1 Å². The Labute approximate surface area is 197 Å². The van der Waals surface area contributed by atoms with Crippen LogP contribution in [0, 0.1) is 19.7 Å². The average molecular weight is 447 g/mol. The van der Waals surface area contributed by atoms with Crippen LogP contribution in [-0.2, 0) is 12.8 Å². The van der Waals surface area contributed by atoms with Crippen molar-refractivity contribution in [3.8, 4) is 0 Å². The van der Waals surface area contributed by atoms with Crippen LogP contribution in [0.3, 0.4) is 0 Å². The van der Waals surface area contributed by atoms with E-state index in [-0.39, 0.29) is 11.9 Å². The van der Waals surface area contributed by atoms with Gasteiger partial charge in [0.15, 0.2) is 0 Å². The predicted octanol–water partition coefficient (Wildman–Crippen LogP) is 5.15. The molecule has 1 unspecified atom stereocenters. The van der Waals surface area contributed by atoms with Crippen LogP contribution in [0.25, 0.3) is 0 Å².